The van der Waals surface area contributed by atoms with E-state index >= 15 is 0 Å². The highest BCUT2D eigenvalue weighted by Crippen LogP contribution is 2.31. The molecule has 84 valence electrons. The van der Waals surface area contributed by atoms with Gasteiger partial charge in [-0.05, 0) is 37.3 Å². The van der Waals surface area contributed by atoms with Crippen LogP contribution in [-0.4, -0.2) is 12.6 Å². The van der Waals surface area contributed by atoms with Crippen LogP contribution in [0.15, 0.2) is 18.2 Å². The summed E-state index contributed by atoms with van der Waals surface area (Å²) >= 11 is 0. The lowest BCUT2D eigenvalue weighted by Gasteiger charge is -2.15. The number of nitriles is 1. The molecule has 1 unspecified atom stereocenters. The minimum atomic E-state index is 0.214. The monoisotopic (exact) mass is 215 g/mol. The number of anilines is 1. The van der Waals surface area contributed by atoms with Gasteiger partial charge in [0, 0.05) is 12.6 Å². The first kappa shape index (κ1) is 11.0. The molecule has 0 spiro atoms. The van der Waals surface area contributed by atoms with Gasteiger partial charge in [0.15, 0.2) is 0 Å². The minimum absolute atomic E-state index is 0.214. The molecule has 0 radical (unpaired) electrons. The van der Waals surface area contributed by atoms with Crippen molar-refractivity contribution in [2.45, 2.75) is 25.8 Å². The molecule has 0 heterocycles. The van der Waals surface area contributed by atoms with Crippen LogP contribution in [0.4, 0.5) is 5.69 Å². The van der Waals surface area contributed by atoms with Gasteiger partial charge in [-0.3, -0.25) is 0 Å². The lowest BCUT2D eigenvalue weighted by Crippen LogP contribution is -2.31. The van der Waals surface area contributed by atoms with Crippen LogP contribution in [0.25, 0.3) is 0 Å². The van der Waals surface area contributed by atoms with Crippen molar-refractivity contribution in [3.8, 4) is 6.07 Å². The maximum Gasteiger partial charge on any atom is 0.101 e. The van der Waals surface area contributed by atoms with Crippen molar-refractivity contribution in [1.29, 1.82) is 5.26 Å². The average Bonchev–Trinajstić information content (AvgIpc) is 3.10. The third-order valence-corrected chi connectivity index (χ3v) is 3.14. The van der Waals surface area contributed by atoms with E-state index in [1.54, 1.807) is 0 Å². The zero-order valence-corrected chi connectivity index (χ0v) is 9.53. The zero-order chi connectivity index (χ0) is 11.5. The first-order valence-electron chi connectivity index (χ1n) is 5.71. The number of hydrogen-bond donors (Lipinski definition) is 2. The summed E-state index contributed by atoms with van der Waals surface area (Å²) < 4.78 is 0. The Labute approximate surface area is 96.3 Å². The van der Waals surface area contributed by atoms with Crippen molar-refractivity contribution in [2.24, 2.45) is 11.7 Å². The van der Waals surface area contributed by atoms with Crippen molar-refractivity contribution in [3.05, 3.63) is 29.3 Å². The van der Waals surface area contributed by atoms with Crippen LogP contribution in [0.3, 0.4) is 0 Å². The summed E-state index contributed by atoms with van der Waals surface area (Å²) in [5, 5.41) is 12.3. The van der Waals surface area contributed by atoms with Gasteiger partial charge in [-0.1, -0.05) is 12.1 Å². The molecule has 2 rings (SSSR count). The van der Waals surface area contributed by atoms with Gasteiger partial charge in [0.2, 0.25) is 0 Å². The third-order valence-electron chi connectivity index (χ3n) is 3.14. The van der Waals surface area contributed by atoms with Crippen LogP contribution in [0.1, 0.15) is 24.0 Å². The predicted octanol–water partition coefficient (Wildman–Crippen LogP) is 2.02. The normalized spacial score (nSPS) is 16.6. The topological polar surface area (TPSA) is 61.8 Å². The molecule has 1 aromatic rings. The van der Waals surface area contributed by atoms with Crippen LogP contribution in [0, 0.1) is 24.2 Å². The largest absolute Gasteiger partial charge is 0.382 e. The number of nitrogens with one attached hydrogen (secondary N) is 1. The average molecular weight is 215 g/mol. The van der Waals surface area contributed by atoms with Crippen LogP contribution in [0.2, 0.25) is 0 Å². The first-order valence-corrected chi connectivity index (χ1v) is 5.71. The summed E-state index contributed by atoms with van der Waals surface area (Å²) in [6.07, 6.45) is 2.50. The molecule has 1 atom stereocenters. The standard InChI is InChI=1S/C13H17N3/c1-9-3-2-4-11(7-14)13(9)16-8-12(15)10-5-6-10/h2-4,10,12,16H,5-6,8,15H2,1H3. The Hall–Kier alpha value is -1.53. The molecule has 1 fully saturated rings. The van der Waals surface area contributed by atoms with Crippen molar-refractivity contribution in [1.82, 2.24) is 0 Å². The SMILES string of the molecule is Cc1cccc(C#N)c1NCC(N)C1CC1. The Morgan fingerprint density at radius 3 is 2.94 bits per heavy atom. The van der Waals surface area contributed by atoms with E-state index in [9.17, 15) is 0 Å². The van der Waals surface area contributed by atoms with Crippen molar-refractivity contribution in [2.75, 3.05) is 11.9 Å². The molecule has 0 amide bonds. The zero-order valence-electron chi connectivity index (χ0n) is 9.53. The van der Waals surface area contributed by atoms with Crippen LogP contribution in [-0.2, 0) is 0 Å². The summed E-state index contributed by atoms with van der Waals surface area (Å²) in [5.74, 6) is 0.682. The van der Waals surface area contributed by atoms with E-state index < -0.39 is 0 Å². The van der Waals surface area contributed by atoms with Crippen LogP contribution < -0.4 is 11.1 Å². The highest BCUT2D eigenvalue weighted by Gasteiger charge is 2.28. The van der Waals surface area contributed by atoms with Gasteiger partial charge in [0.05, 0.1) is 11.3 Å². The second-order valence-electron chi connectivity index (χ2n) is 4.49. The number of benzene rings is 1. The number of nitrogens with two attached hydrogens (primary N) is 1. The van der Waals surface area contributed by atoms with Crippen molar-refractivity contribution < 1.29 is 0 Å². The number of para-hydroxylation sites is 1. The van der Waals surface area contributed by atoms with Crippen molar-refractivity contribution in [3.63, 3.8) is 0 Å². The van der Waals surface area contributed by atoms with E-state index in [0.29, 0.717) is 11.5 Å². The minimum Gasteiger partial charge on any atom is -0.382 e. The van der Waals surface area contributed by atoms with Gasteiger partial charge in [0.25, 0.3) is 0 Å². The summed E-state index contributed by atoms with van der Waals surface area (Å²) in [5.41, 5.74) is 8.75. The molecule has 3 nitrogen and oxygen atoms in total. The Morgan fingerprint density at radius 2 is 2.31 bits per heavy atom. The van der Waals surface area contributed by atoms with Gasteiger partial charge >= 0.3 is 0 Å². The Kier molecular flexibility index (Phi) is 3.12. The summed E-state index contributed by atoms with van der Waals surface area (Å²) in [6.45, 7) is 2.76. The fraction of sp³-hybridized carbons (Fsp3) is 0.462. The maximum atomic E-state index is 9.01. The van der Waals surface area contributed by atoms with E-state index in [-0.39, 0.29) is 6.04 Å². The maximum absolute atomic E-state index is 9.01. The quantitative estimate of drug-likeness (QED) is 0.807. The predicted molar refractivity (Wildman–Crippen MR) is 65.1 cm³/mol. The second-order valence-corrected chi connectivity index (χ2v) is 4.49. The Morgan fingerprint density at radius 1 is 1.56 bits per heavy atom. The Balaban J connectivity index is 2.05. The van der Waals surface area contributed by atoms with Crippen molar-refractivity contribution >= 4 is 5.69 Å². The molecular weight excluding hydrogens is 198 g/mol. The van der Waals surface area contributed by atoms with Gasteiger partial charge in [-0.25, -0.2) is 0 Å². The van der Waals surface area contributed by atoms with Gasteiger partial charge in [-0.15, -0.1) is 0 Å². The van der Waals surface area contributed by atoms with Gasteiger partial charge < -0.3 is 11.1 Å². The molecule has 3 N–H and O–H groups in total. The smallest absolute Gasteiger partial charge is 0.101 e. The lowest BCUT2D eigenvalue weighted by atomic mass is 10.1. The van der Waals surface area contributed by atoms with E-state index in [2.05, 4.69) is 11.4 Å². The van der Waals surface area contributed by atoms with E-state index in [1.165, 1.54) is 12.8 Å². The van der Waals surface area contributed by atoms with Gasteiger partial charge in [-0.2, -0.15) is 5.26 Å². The molecule has 16 heavy (non-hydrogen) atoms. The first-order chi connectivity index (χ1) is 7.72. The van der Waals surface area contributed by atoms with Crippen LogP contribution in [0.5, 0.6) is 0 Å². The number of rotatable bonds is 4. The number of aryl methyl sites for hydroxylation is 1. The molecule has 1 aliphatic rings. The number of hydrogen-bond acceptors (Lipinski definition) is 3. The summed E-state index contributed by atoms with van der Waals surface area (Å²) in [4.78, 5) is 0. The molecule has 0 saturated heterocycles. The molecular formula is C13H17N3. The highest BCUT2D eigenvalue weighted by molar-refractivity contribution is 5.62. The van der Waals surface area contributed by atoms with Gasteiger partial charge in [0.1, 0.15) is 6.07 Å². The molecule has 1 saturated carbocycles. The molecule has 0 bridgehead atoms. The molecule has 1 aromatic carbocycles. The second kappa shape index (κ2) is 4.54. The summed E-state index contributed by atoms with van der Waals surface area (Å²) in [7, 11) is 0. The van der Waals surface area contributed by atoms with Crippen LogP contribution >= 0.6 is 0 Å². The number of nitrogens with zero attached hydrogens (tertiary/aromatic N) is 1. The fourth-order valence-corrected chi connectivity index (χ4v) is 1.91. The molecule has 0 aromatic heterocycles. The Bertz CT molecular complexity index is 416. The summed E-state index contributed by atoms with van der Waals surface area (Å²) in [6, 6.07) is 8.16. The highest BCUT2D eigenvalue weighted by atomic mass is 14.9. The molecule has 0 aliphatic heterocycles. The molecule has 3 heteroatoms. The lowest BCUT2D eigenvalue weighted by molar-refractivity contribution is 0.620. The van der Waals surface area contributed by atoms with E-state index in [4.69, 9.17) is 11.0 Å². The third kappa shape index (κ3) is 2.34. The van der Waals surface area contributed by atoms with E-state index in [0.717, 1.165) is 17.8 Å². The molecule has 1 aliphatic carbocycles. The van der Waals surface area contributed by atoms with E-state index in [1.807, 2.05) is 25.1 Å². The fourth-order valence-electron chi connectivity index (χ4n) is 1.91.